The van der Waals surface area contributed by atoms with Crippen LogP contribution in [-0.4, -0.2) is 56.2 Å². The summed E-state index contributed by atoms with van der Waals surface area (Å²) in [6.45, 7) is 3.40. The molecule has 2 N–H and O–H groups in total. The maximum absolute atomic E-state index is 11.5. The van der Waals surface area contributed by atoms with E-state index in [2.05, 4.69) is 27.8 Å². The van der Waals surface area contributed by atoms with Crippen molar-refractivity contribution in [1.29, 1.82) is 0 Å². The number of hydrogen-bond donors (Lipinski definition) is 2. The van der Waals surface area contributed by atoms with Gasteiger partial charge < -0.3 is 10.2 Å². The van der Waals surface area contributed by atoms with Gasteiger partial charge in [-0.25, -0.2) is 9.80 Å². The number of carbonyl (C=O) groups excluding carboxylic acids is 1. The Bertz CT molecular complexity index is 240. The number of hydrogen-bond acceptors (Lipinski definition) is 3. The molecule has 1 heterocycles. The number of carbonyl (C=O) groups is 1. The van der Waals surface area contributed by atoms with Crippen molar-refractivity contribution in [2.24, 2.45) is 0 Å². The van der Waals surface area contributed by atoms with Crippen molar-refractivity contribution in [2.45, 2.75) is 12.8 Å². The quantitative estimate of drug-likeness (QED) is 0.527. The average Bonchev–Trinajstić information content (AvgIpc) is 2.25. The van der Waals surface area contributed by atoms with Gasteiger partial charge in [0.25, 0.3) is 0 Å². The highest BCUT2D eigenvalue weighted by molar-refractivity contribution is 5.73. The predicted molar refractivity (Wildman–Crippen MR) is 65.0 cm³/mol. The largest absolute Gasteiger partial charge is 0.337 e. The van der Waals surface area contributed by atoms with Crippen LogP contribution in [0.2, 0.25) is 0 Å². The summed E-state index contributed by atoms with van der Waals surface area (Å²) in [6.07, 6.45) is 6.17. The number of hydrazine groups is 1. The maximum Gasteiger partial charge on any atom is 0.329 e. The second-order valence-electron chi connectivity index (χ2n) is 4.23. The molecule has 0 bridgehead atoms. The molecule has 0 aromatic heterocycles. The van der Waals surface area contributed by atoms with Crippen LogP contribution in [0.3, 0.4) is 0 Å². The SMILES string of the molecule is CN(C)CCCNC(=O)NN1CC=CCC1. The molecule has 1 rings (SSSR count). The van der Waals surface area contributed by atoms with Gasteiger partial charge in [0.05, 0.1) is 0 Å². The van der Waals surface area contributed by atoms with Crippen molar-refractivity contribution in [3.8, 4) is 0 Å². The van der Waals surface area contributed by atoms with E-state index in [9.17, 15) is 4.79 Å². The summed E-state index contributed by atoms with van der Waals surface area (Å²) < 4.78 is 0. The van der Waals surface area contributed by atoms with Gasteiger partial charge in [-0.2, -0.15) is 0 Å². The summed E-state index contributed by atoms with van der Waals surface area (Å²) in [5.74, 6) is 0. The molecule has 92 valence electrons. The van der Waals surface area contributed by atoms with Gasteiger partial charge in [0.15, 0.2) is 0 Å². The Morgan fingerprint density at radius 1 is 1.44 bits per heavy atom. The first-order valence-electron chi connectivity index (χ1n) is 5.77. The Morgan fingerprint density at radius 2 is 2.25 bits per heavy atom. The molecule has 0 fully saturated rings. The molecule has 0 saturated carbocycles. The minimum Gasteiger partial charge on any atom is -0.337 e. The lowest BCUT2D eigenvalue weighted by Crippen LogP contribution is -2.48. The molecule has 1 aliphatic rings. The average molecular weight is 226 g/mol. The molecular formula is C11H22N4O. The topological polar surface area (TPSA) is 47.6 Å². The van der Waals surface area contributed by atoms with E-state index in [-0.39, 0.29) is 6.03 Å². The van der Waals surface area contributed by atoms with E-state index in [1.54, 1.807) is 0 Å². The van der Waals surface area contributed by atoms with Crippen LogP contribution in [0.4, 0.5) is 4.79 Å². The minimum absolute atomic E-state index is 0.103. The van der Waals surface area contributed by atoms with E-state index in [1.807, 2.05) is 19.1 Å². The second-order valence-corrected chi connectivity index (χ2v) is 4.23. The normalized spacial score (nSPS) is 16.4. The van der Waals surface area contributed by atoms with Crippen molar-refractivity contribution < 1.29 is 4.79 Å². The van der Waals surface area contributed by atoms with Crippen molar-refractivity contribution >= 4 is 6.03 Å². The van der Waals surface area contributed by atoms with E-state index in [1.165, 1.54) is 0 Å². The third-order valence-corrected chi connectivity index (χ3v) is 2.39. The van der Waals surface area contributed by atoms with Crippen LogP contribution < -0.4 is 10.7 Å². The van der Waals surface area contributed by atoms with Gasteiger partial charge in [0, 0.05) is 19.6 Å². The van der Waals surface area contributed by atoms with Crippen LogP contribution in [0.5, 0.6) is 0 Å². The monoisotopic (exact) mass is 226 g/mol. The fraction of sp³-hybridized carbons (Fsp3) is 0.727. The lowest BCUT2D eigenvalue weighted by molar-refractivity contribution is 0.185. The Balaban J connectivity index is 2.04. The van der Waals surface area contributed by atoms with E-state index >= 15 is 0 Å². The summed E-state index contributed by atoms with van der Waals surface area (Å²) in [5, 5.41) is 4.76. The van der Waals surface area contributed by atoms with Gasteiger partial charge in [0.1, 0.15) is 0 Å². The van der Waals surface area contributed by atoms with E-state index in [0.29, 0.717) is 6.54 Å². The third-order valence-electron chi connectivity index (χ3n) is 2.39. The van der Waals surface area contributed by atoms with Crippen LogP contribution >= 0.6 is 0 Å². The van der Waals surface area contributed by atoms with E-state index in [4.69, 9.17) is 0 Å². The Hall–Kier alpha value is -1.07. The van der Waals surface area contributed by atoms with Gasteiger partial charge in [-0.1, -0.05) is 12.2 Å². The molecule has 0 aromatic rings. The van der Waals surface area contributed by atoms with Crippen molar-refractivity contribution in [3.63, 3.8) is 0 Å². The molecule has 5 heteroatoms. The van der Waals surface area contributed by atoms with Crippen molar-refractivity contribution in [2.75, 3.05) is 40.3 Å². The van der Waals surface area contributed by atoms with Crippen LogP contribution in [0.15, 0.2) is 12.2 Å². The third kappa shape index (κ3) is 5.72. The summed E-state index contributed by atoms with van der Waals surface area (Å²) >= 11 is 0. The minimum atomic E-state index is -0.103. The highest BCUT2D eigenvalue weighted by Crippen LogP contribution is 1.96. The van der Waals surface area contributed by atoms with Crippen LogP contribution in [0.25, 0.3) is 0 Å². The van der Waals surface area contributed by atoms with Gasteiger partial charge >= 0.3 is 6.03 Å². The molecule has 0 atom stereocenters. The fourth-order valence-electron chi connectivity index (χ4n) is 1.52. The summed E-state index contributed by atoms with van der Waals surface area (Å²) in [5.41, 5.74) is 2.83. The highest BCUT2D eigenvalue weighted by atomic mass is 16.2. The molecule has 0 unspecified atom stereocenters. The predicted octanol–water partition coefficient (Wildman–Crippen LogP) is 0.414. The maximum atomic E-state index is 11.5. The summed E-state index contributed by atoms with van der Waals surface area (Å²) in [6, 6.07) is -0.103. The number of nitrogens with one attached hydrogen (secondary N) is 2. The first-order valence-corrected chi connectivity index (χ1v) is 5.77. The molecule has 0 aromatic carbocycles. The van der Waals surface area contributed by atoms with Crippen LogP contribution in [0.1, 0.15) is 12.8 Å². The van der Waals surface area contributed by atoms with Crippen LogP contribution in [0, 0.1) is 0 Å². The number of rotatable bonds is 5. The Kier molecular flexibility index (Phi) is 5.88. The zero-order chi connectivity index (χ0) is 11.8. The summed E-state index contributed by atoms with van der Waals surface area (Å²) in [4.78, 5) is 13.6. The highest BCUT2D eigenvalue weighted by Gasteiger charge is 2.08. The number of amides is 2. The van der Waals surface area contributed by atoms with Crippen molar-refractivity contribution in [3.05, 3.63) is 12.2 Å². The van der Waals surface area contributed by atoms with Gasteiger partial charge in [0.2, 0.25) is 0 Å². The van der Waals surface area contributed by atoms with Gasteiger partial charge in [-0.05, 0) is 33.5 Å². The standard InChI is InChI=1S/C11H22N4O/c1-14(2)8-6-7-12-11(16)13-15-9-4-3-5-10-15/h3-4H,5-10H2,1-2H3,(H2,12,13,16). The Morgan fingerprint density at radius 3 is 2.88 bits per heavy atom. The van der Waals surface area contributed by atoms with Gasteiger partial charge in [-0.15, -0.1) is 0 Å². The van der Waals surface area contributed by atoms with Crippen LogP contribution in [-0.2, 0) is 0 Å². The van der Waals surface area contributed by atoms with Crippen molar-refractivity contribution in [1.82, 2.24) is 20.7 Å². The van der Waals surface area contributed by atoms with E-state index in [0.717, 1.165) is 32.5 Å². The smallest absolute Gasteiger partial charge is 0.329 e. The first-order chi connectivity index (χ1) is 7.68. The number of urea groups is 1. The Labute approximate surface area is 97.4 Å². The lowest BCUT2D eigenvalue weighted by Gasteiger charge is -2.23. The molecule has 5 nitrogen and oxygen atoms in total. The lowest BCUT2D eigenvalue weighted by atomic mass is 10.3. The molecular weight excluding hydrogens is 204 g/mol. The number of nitrogens with zero attached hydrogens (tertiary/aromatic N) is 2. The van der Waals surface area contributed by atoms with Gasteiger partial charge in [-0.3, -0.25) is 5.43 Å². The fourth-order valence-corrected chi connectivity index (χ4v) is 1.52. The first kappa shape index (κ1) is 13.0. The van der Waals surface area contributed by atoms with E-state index < -0.39 is 0 Å². The molecule has 0 saturated heterocycles. The molecule has 16 heavy (non-hydrogen) atoms. The molecule has 0 aliphatic carbocycles. The zero-order valence-electron chi connectivity index (χ0n) is 10.2. The zero-order valence-corrected chi connectivity index (χ0v) is 10.2. The molecule has 1 aliphatic heterocycles. The molecule has 0 spiro atoms. The molecule has 2 amide bonds. The second kappa shape index (κ2) is 7.24. The molecule has 0 radical (unpaired) electrons. The summed E-state index contributed by atoms with van der Waals surface area (Å²) in [7, 11) is 4.06.